The van der Waals surface area contributed by atoms with Gasteiger partial charge in [0.05, 0.1) is 5.56 Å². The quantitative estimate of drug-likeness (QED) is 0.933. The lowest BCUT2D eigenvalue weighted by Crippen LogP contribution is -2.26. The Morgan fingerprint density at radius 3 is 2.52 bits per heavy atom. The number of carboxylic acids is 1. The number of aromatic nitrogens is 1. The molecular formula is C15H14N2O4. The van der Waals surface area contributed by atoms with E-state index < -0.39 is 5.97 Å². The Bertz CT molecular complexity index is 686. The first kappa shape index (κ1) is 13.4. The van der Waals surface area contributed by atoms with Gasteiger partial charge in [-0.25, -0.2) is 4.79 Å². The fourth-order valence-electron chi connectivity index (χ4n) is 2.07. The van der Waals surface area contributed by atoms with E-state index in [2.05, 4.69) is 5.16 Å². The van der Waals surface area contributed by atoms with Crippen LogP contribution in [-0.4, -0.2) is 29.2 Å². The molecule has 1 aromatic heterocycles. The molecule has 6 heteroatoms. The molecule has 1 N–H and O–H groups in total. The molecule has 6 nitrogen and oxygen atoms in total. The second-order valence-electron chi connectivity index (χ2n) is 5.10. The molecule has 0 aliphatic heterocycles. The second-order valence-corrected chi connectivity index (χ2v) is 5.10. The van der Waals surface area contributed by atoms with Gasteiger partial charge in [-0.1, -0.05) is 5.16 Å². The van der Waals surface area contributed by atoms with Gasteiger partial charge in [-0.2, -0.15) is 0 Å². The Labute approximate surface area is 121 Å². The highest BCUT2D eigenvalue weighted by Crippen LogP contribution is 2.40. The second kappa shape index (κ2) is 5.05. The van der Waals surface area contributed by atoms with E-state index in [0.717, 1.165) is 18.6 Å². The smallest absolute Gasteiger partial charge is 0.335 e. The maximum Gasteiger partial charge on any atom is 0.335 e. The number of rotatable bonds is 4. The molecule has 0 atom stereocenters. The number of aromatic carboxylic acids is 1. The predicted molar refractivity (Wildman–Crippen MR) is 74.6 cm³/mol. The Kier molecular flexibility index (Phi) is 3.21. The van der Waals surface area contributed by atoms with Gasteiger partial charge in [-0.3, -0.25) is 4.79 Å². The van der Waals surface area contributed by atoms with Crippen molar-refractivity contribution in [3.63, 3.8) is 0 Å². The van der Waals surface area contributed by atoms with E-state index >= 15 is 0 Å². The minimum Gasteiger partial charge on any atom is -0.478 e. The van der Waals surface area contributed by atoms with Gasteiger partial charge in [0.15, 0.2) is 5.69 Å². The molecule has 1 aliphatic rings. The van der Waals surface area contributed by atoms with Crippen LogP contribution in [0.25, 0.3) is 0 Å². The molecule has 0 bridgehead atoms. The minimum atomic E-state index is -0.999. The first-order chi connectivity index (χ1) is 10.1. The number of amides is 1. The van der Waals surface area contributed by atoms with Gasteiger partial charge in [0.2, 0.25) is 0 Å². The Hall–Kier alpha value is -2.63. The standard InChI is InChI=1S/C15H14N2O4/c1-17(11-6-4-10(5-7-11)15(19)20)14(18)12-8-13(21-16-12)9-2-3-9/h4-9H,2-3H2,1H3,(H,19,20). The van der Waals surface area contributed by atoms with Crippen LogP contribution < -0.4 is 4.90 Å². The maximum atomic E-state index is 12.3. The summed E-state index contributed by atoms with van der Waals surface area (Å²) in [5.41, 5.74) is 1.04. The number of hydrogen-bond donors (Lipinski definition) is 1. The van der Waals surface area contributed by atoms with Crippen LogP contribution in [0, 0.1) is 0 Å². The number of carbonyl (C=O) groups excluding carboxylic acids is 1. The van der Waals surface area contributed by atoms with E-state index in [4.69, 9.17) is 9.63 Å². The normalized spacial score (nSPS) is 14.0. The highest BCUT2D eigenvalue weighted by atomic mass is 16.5. The molecule has 3 rings (SSSR count). The lowest BCUT2D eigenvalue weighted by Gasteiger charge is -2.15. The Morgan fingerprint density at radius 2 is 1.95 bits per heavy atom. The number of benzene rings is 1. The van der Waals surface area contributed by atoms with E-state index in [0.29, 0.717) is 11.6 Å². The Balaban J connectivity index is 1.77. The average molecular weight is 286 g/mol. The zero-order chi connectivity index (χ0) is 15.0. The number of carboxylic acid groups (broad SMARTS) is 1. The van der Waals surface area contributed by atoms with Crippen LogP contribution in [0.15, 0.2) is 34.9 Å². The van der Waals surface area contributed by atoms with Gasteiger partial charge in [0, 0.05) is 24.7 Å². The van der Waals surface area contributed by atoms with Crippen LogP contribution in [0.4, 0.5) is 5.69 Å². The van der Waals surface area contributed by atoms with Gasteiger partial charge in [0.25, 0.3) is 5.91 Å². The van der Waals surface area contributed by atoms with Crippen LogP contribution in [0.5, 0.6) is 0 Å². The molecule has 2 aromatic rings. The third kappa shape index (κ3) is 2.65. The molecule has 0 radical (unpaired) electrons. The van der Waals surface area contributed by atoms with Crippen molar-refractivity contribution in [3.05, 3.63) is 47.3 Å². The van der Waals surface area contributed by atoms with Gasteiger partial charge in [0.1, 0.15) is 5.76 Å². The van der Waals surface area contributed by atoms with Crippen molar-refractivity contribution in [2.75, 3.05) is 11.9 Å². The van der Waals surface area contributed by atoms with Crippen LogP contribution in [-0.2, 0) is 0 Å². The summed E-state index contributed by atoms with van der Waals surface area (Å²) < 4.78 is 5.17. The zero-order valence-corrected chi connectivity index (χ0v) is 11.4. The van der Waals surface area contributed by atoms with Crippen molar-refractivity contribution < 1.29 is 19.2 Å². The maximum absolute atomic E-state index is 12.3. The molecule has 1 fully saturated rings. The van der Waals surface area contributed by atoms with Crippen LogP contribution in [0.2, 0.25) is 0 Å². The molecule has 1 amide bonds. The van der Waals surface area contributed by atoms with Crippen molar-refractivity contribution in [2.24, 2.45) is 0 Å². The van der Waals surface area contributed by atoms with E-state index in [9.17, 15) is 9.59 Å². The van der Waals surface area contributed by atoms with Gasteiger partial charge in [-0.05, 0) is 37.1 Å². The molecule has 0 saturated heterocycles. The molecule has 21 heavy (non-hydrogen) atoms. The zero-order valence-electron chi connectivity index (χ0n) is 11.4. The summed E-state index contributed by atoms with van der Waals surface area (Å²) in [6.07, 6.45) is 2.16. The number of carbonyl (C=O) groups is 2. The lowest BCUT2D eigenvalue weighted by molar-refractivity contribution is 0.0696. The first-order valence-corrected chi connectivity index (χ1v) is 6.64. The highest BCUT2D eigenvalue weighted by molar-refractivity contribution is 6.04. The molecule has 1 aliphatic carbocycles. The summed E-state index contributed by atoms with van der Waals surface area (Å²) in [6.45, 7) is 0. The third-order valence-corrected chi connectivity index (χ3v) is 3.53. The molecule has 1 aromatic carbocycles. The van der Waals surface area contributed by atoms with Crippen LogP contribution >= 0.6 is 0 Å². The van der Waals surface area contributed by atoms with E-state index in [1.165, 1.54) is 17.0 Å². The Morgan fingerprint density at radius 1 is 1.29 bits per heavy atom. The molecular weight excluding hydrogens is 272 g/mol. The SMILES string of the molecule is CN(C(=O)c1cc(C2CC2)on1)c1ccc(C(=O)O)cc1. The fraction of sp³-hybridized carbons (Fsp3) is 0.267. The van der Waals surface area contributed by atoms with Crippen molar-refractivity contribution in [1.29, 1.82) is 0 Å². The minimum absolute atomic E-state index is 0.178. The average Bonchev–Trinajstić information content (AvgIpc) is 3.23. The van der Waals surface area contributed by atoms with Crippen LogP contribution in [0.3, 0.4) is 0 Å². The van der Waals surface area contributed by atoms with E-state index in [1.807, 2.05) is 0 Å². The molecule has 108 valence electrons. The highest BCUT2D eigenvalue weighted by Gasteiger charge is 2.29. The van der Waals surface area contributed by atoms with E-state index in [-0.39, 0.29) is 17.2 Å². The lowest BCUT2D eigenvalue weighted by atomic mass is 10.2. The molecule has 0 spiro atoms. The number of hydrogen-bond acceptors (Lipinski definition) is 4. The summed E-state index contributed by atoms with van der Waals surface area (Å²) in [5.74, 6) is -0.123. The molecule has 1 saturated carbocycles. The first-order valence-electron chi connectivity index (χ1n) is 6.64. The summed E-state index contributed by atoms with van der Waals surface area (Å²) in [4.78, 5) is 24.5. The number of nitrogens with zero attached hydrogens (tertiary/aromatic N) is 2. The monoisotopic (exact) mass is 286 g/mol. The van der Waals surface area contributed by atoms with Gasteiger partial charge < -0.3 is 14.5 Å². The predicted octanol–water partition coefficient (Wildman–Crippen LogP) is 2.53. The fourth-order valence-corrected chi connectivity index (χ4v) is 2.07. The van der Waals surface area contributed by atoms with Gasteiger partial charge >= 0.3 is 5.97 Å². The van der Waals surface area contributed by atoms with Crippen molar-refractivity contribution in [1.82, 2.24) is 5.16 Å². The van der Waals surface area contributed by atoms with Crippen molar-refractivity contribution in [2.45, 2.75) is 18.8 Å². The van der Waals surface area contributed by atoms with Crippen LogP contribution in [0.1, 0.15) is 45.4 Å². The summed E-state index contributed by atoms with van der Waals surface area (Å²) in [6, 6.07) is 7.77. The molecule has 0 unspecified atom stereocenters. The summed E-state index contributed by atoms with van der Waals surface area (Å²) in [7, 11) is 1.61. The van der Waals surface area contributed by atoms with Crippen molar-refractivity contribution >= 4 is 17.6 Å². The van der Waals surface area contributed by atoms with E-state index in [1.54, 1.807) is 25.2 Å². The largest absolute Gasteiger partial charge is 0.478 e. The summed E-state index contributed by atoms with van der Waals surface area (Å²) in [5, 5.41) is 12.7. The third-order valence-electron chi connectivity index (χ3n) is 3.53. The number of anilines is 1. The van der Waals surface area contributed by atoms with Crippen molar-refractivity contribution in [3.8, 4) is 0 Å². The molecule has 1 heterocycles. The van der Waals surface area contributed by atoms with Gasteiger partial charge in [-0.15, -0.1) is 0 Å². The summed E-state index contributed by atoms with van der Waals surface area (Å²) >= 11 is 0. The topological polar surface area (TPSA) is 83.6 Å².